The van der Waals surface area contributed by atoms with Gasteiger partial charge in [-0.1, -0.05) is 12.1 Å². The fourth-order valence-corrected chi connectivity index (χ4v) is 5.78. The van der Waals surface area contributed by atoms with Crippen molar-refractivity contribution in [3.8, 4) is 5.75 Å². The minimum absolute atomic E-state index is 0.145. The fraction of sp³-hybridized carbons (Fsp3) is 0.636. The quantitative estimate of drug-likeness (QED) is 0.778. The lowest BCUT2D eigenvalue weighted by molar-refractivity contribution is -0.178. The molecule has 1 N–H and O–H groups in total. The number of benzene rings is 1. The van der Waals surface area contributed by atoms with Crippen LogP contribution in [0.1, 0.15) is 51.0 Å². The maximum Gasteiger partial charge on any atom is 0.312 e. The molecule has 5 nitrogen and oxygen atoms in total. The first-order valence-electron chi connectivity index (χ1n) is 10.1. The lowest BCUT2D eigenvalue weighted by Gasteiger charge is -2.55. The first-order valence-corrected chi connectivity index (χ1v) is 10.1. The Kier molecular flexibility index (Phi) is 4.87. The SMILES string of the molecule is COc1ccc(CNC(=O)[C@@H](C)OC(=O)C23CC4CC(CC(C4)C2)C3)cc1. The highest BCUT2D eigenvalue weighted by molar-refractivity contribution is 5.85. The molecular weight excluding hydrogens is 342 g/mol. The van der Waals surface area contributed by atoms with E-state index in [1.54, 1.807) is 14.0 Å². The zero-order valence-corrected chi connectivity index (χ0v) is 16.2. The summed E-state index contributed by atoms with van der Waals surface area (Å²) < 4.78 is 10.8. The van der Waals surface area contributed by atoms with Crippen LogP contribution in [-0.4, -0.2) is 25.1 Å². The Hall–Kier alpha value is -2.04. The molecule has 4 fully saturated rings. The summed E-state index contributed by atoms with van der Waals surface area (Å²) in [5, 5.41) is 2.86. The topological polar surface area (TPSA) is 64.6 Å². The zero-order chi connectivity index (χ0) is 19.0. The van der Waals surface area contributed by atoms with E-state index in [0.717, 1.165) is 30.6 Å². The number of rotatable bonds is 6. The molecule has 4 aliphatic carbocycles. The standard InChI is InChI=1S/C22H29NO4/c1-14(20(24)23-13-15-3-5-19(26-2)6-4-15)27-21(25)22-10-16-7-17(11-22)9-18(8-16)12-22/h3-6,14,16-18H,7-13H2,1-2H3,(H,23,24)/t14-,16?,17?,18?,22?/m1/s1. The monoisotopic (exact) mass is 371 g/mol. The molecule has 27 heavy (non-hydrogen) atoms. The van der Waals surface area contributed by atoms with E-state index in [4.69, 9.17) is 9.47 Å². The van der Waals surface area contributed by atoms with Gasteiger partial charge in [-0.15, -0.1) is 0 Å². The molecule has 0 saturated heterocycles. The first-order chi connectivity index (χ1) is 13.0. The molecule has 0 heterocycles. The summed E-state index contributed by atoms with van der Waals surface area (Å²) in [6.45, 7) is 2.07. The molecule has 0 unspecified atom stereocenters. The Balaban J connectivity index is 1.31. The van der Waals surface area contributed by atoms with E-state index in [1.165, 1.54) is 19.3 Å². The molecule has 4 bridgehead atoms. The van der Waals surface area contributed by atoms with Crippen molar-refractivity contribution in [1.82, 2.24) is 5.32 Å². The number of carbonyl (C=O) groups excluding carboxylic acids is 2. The Labute approximate surface area is 160 Å². The van der Waals surface area contributed by atoms with Crippen LogP contribution in [0.4, 0.5) is 0 Å². The summed E-state index contributed by atoms with van der Waals surface area (Å²) in [5.74, 6) is 2.44. The van der Waals surface area contributed by atoms with Crippen molar-refractivity contribution in [2.75, 3.05) is 7.11 Å². The highest BCUT2D eigenvalue weighted by atomic mass is 16.5. The van der Waals surface area contributed by atoms with E-state index in [0.29, 0.717) is 24.3 Å². The van der Waals surface area contributed by atoms with Crippen LogP contribution in [0.5, 0.6) is 5.75 Å². The Bertz CT molecular complexity index is 676. The summed E-state index contributed by atoms with van der Waals surface area (Å²) in [5.41, 5.74) is 0.656. The van der Waals surface area contributed by atoms with E-state index in [1.807, 2.05) is 24.3 Å². The average molecular weight is 371 g/mol. The number of methoxy groups -OCH3 is 1. The van der Waals surface area contributed by atoms with Gasteiger partial charge < -0.3 is 14.8 Å². The maximum absolute atomic E-state index is 12.9. The minimum Gasteiger partial charge on any atom is -0.497 e. The molecular formula is C22H29NO4. The van der Waals surface area contributed by atoms with Gasteiger partial charge in [-0.25, -0.2) is 0 Å². The van der Waals surface area contributed by atoms with Crippen LogP contribution in [-0.2, 0) is 20.9 Å². The number of esters is 1. The first kappa shape index (κ1) is 18.3. The van der Waals surface area contributed by atoms with Gasteiger partial charge in [-0.2, -0.15) is 0 Å². The molecule has 4 aliphatic rings. The van der Waals surface area contributed by atoms with Crippen LogP contribution in [0.3, 0.4) is 0 Å². The van der Waals surface area contributed by atoms with Gasteiger partial charge in [0.1, 0.15) is 5.75 Å². The van der Waals surface area contributed by atoms with E-state index in [2.05, 4.69) is 5.32 Å². The number of nitrogens with one attached hydrogen (secondary N) is 1. The lowest BCUT2D eigenvalue weighted by atomic mass is 9.49. The van der Waals surface area contributed by atoms with E-state index in [9.17, 15) is 9.59 Å². The molecule has 1 amide bonds. The van der Waals surface area contributed by atoms with Crippen molar-refractivity contribution >= 4 is 11.9 Å². The predicted octanol–water partition coefficient (Wildman–Crippen LogP) is 3.46. The van der Waals surface area contributed by atoms with Crippen molar-refractivity contribution in [3.63, 3.8) is 0 Å². The van der Waals surface area contributed by atoms with Gasteiger partial charge in [0, 0.05) is 6.54 Å². The third-order valence-electron chi connectivity index (χ3n) is 6.75. The number of hydrogen-bond acceptors (Lipinski definition) is 4. The maximum atomic E-state index is 12.9. The van der Waals surface area contributed by atoms with Crippen LogP contribution in [0.2, 0.25) is 0 Å². The van der Waals surface area contributed by atoms with E-state index >= 15 is 0 Å². The molecule has 0 radical (unpaired) electrons. The van der Waals surface area contributed by atoms with Crippen molar-refractivity contribution in [2.45, 2.75) is 58.1 Å². The number of hydrogen-bond donors (Lipinski definition) is 1. The fourth-order valence-electron chi connectivity index (χ4n) is 5.78. The summed E-state index contributed by atoms with van der Waals surface area (Å²) in [6.07, 6.45) is 5.96. The molecule has 1 aromatic carbocycles. The summed E-state index contributed by atoms with van der Waals surface area (Å²) in [6, 6.07) is 7.53. The van der Waals surface area contributed by atoms with Gasteiger partial charge in [0.15, 0.2) is 6.10 Å². The second-order valence-corrected chi connectivity index (χ2v) is 8.81. The highest BCUT2D eigenvalue weighted by Crippen LogP contribution is 2.60. The Morgan fingerprint density at radius 3 is 2.15 bits per heavy atom. The summed E-state index contributed by atoms with van der Waals surface area (Å²) >= 11 is 0. The van der Waals surface area contributed by atoms with Gasteiger partial charge >= 0.3 is 5.97 Å². The summed E-state index contributed by atoms with van der Waals surface area (Å²) in [7, 11) is 1.62. The van der Waals surface area contributed by atoms with Gasteiger partial charge in [0.05, 0.1) is 12.5 Å². The van der Waals surface area contributed by atoms with Crippen LogP contribution < -0.4 is 10.1 Å². The average Bonchev–Trinajstić information content (AvgIpc) is 2.65. The van der Waals surface area contributed by atoms with Crippen molar-refractivity contribution in [1.29, 1.82) is 0 Å². The second-order valence-electron chi connectivity index (χ2n) is 8.81. The van der Waals surface area contributed by atoms with Crippen LogP contribution in [0.15, 0.2) is 24.3 Å². The molecule has 146 valence electrons. The largest absolute Gasteiger partial charge is 0.497 e. The number of carbonyl (C=O) groups is 2. The van der Waals surface area contributed by atoms with E-state index < -0.39 is 6.10 Å². The van der Waals surface area contributed by atoms with Crippen molar-refractivity contribution in [3.05, 3.63) is 29.8 Å². The molecule has 0 spiro atoms. The van der Waals surface area contributed by atoms with E-state index in [-0.39, 0.29) is 17.3 Å². The molecule has 4 saturated carbocycles. The normalized spacial score (nSPS) is 32.0. The van der Waals surface area contributed by atoms with Gasteiger partial charge in [0.2, 0.25) is 0 Å². The van der Waals surface area contributed by atoms with Gasteiger partial charge in [-0.3, -0.25) is 9.59 Å². The molecule has 5 rings (SSSR count). The number of amides is 1. The molecule has 0 aromatic heterocycles. The minimum atomic E-state index is -0.760. The highest BCUT2D eigenvalue weighted by Gasteiger charge is 2.55. The third kappa shape index (κ3) is 3.69. The smallest absolute Gasteiger partial charge is 0.312 e. The van der Waals surface area contributed by atoms with Crippen LogP contribution >= 0.6 is 0 Å². The van der Waals surface area contributed by atoms with Crippen LogP contribution in [0.25, 0.3) is 0 Å². The third-order valence-corrected chi connectivity index (χ3v) is 6.75. The van der Waals surface area contributed by atoms with Crippen LogP contribution in [0, 0.1) is 23.2 Å². The molecule has 1 aromatic rings. The summed E-state index contributed by atoms with van der Waals surface area (Å²) in [4.78, 5) is 25.3. The Morgan fingerprint density at radius 1 is 1.07 bits per heavy atom. The van der Waals surface area contributed by atoms with Crippen molar-refractivity contribution < 1.29 is 19.1 Å². The Morgan fingerprint density at radius 2 is 1.63 bits per heavy atom. The molecule has 0 aliphatic heterocycles. The number of ether oxygens (including phenoxy) is 2. The lowest BCUT2D eigenvalue weighted by Crippen LogP contribution is -2.51. The van der Waals surface area contributed by atoms with Gasteiger partial charge in [0.25, 0.3) is 5.91 Å². The predicted molar refractivity (Wildman–Crippen MR) is 101 cm³/mol. The van der Waals surface area contributed by atoms with Crippen molar-refractivity contribution in [2.24, 2.45) is 23.2 Å². The zero-order valence-electron chi connectivity index (χ0n) is 16.2. The van der Waals surface area contributed by atoms with Gasteiger partial charge in [-0.05, 0) is 80.9 Å². The molecule has 1 atom stereocenters. The second kappa shape index (κ2) is 7.17. The molecule has 5 heteroatoms.